The van der Waals surface area contributed by atoms with E-state index in [2.05, 4.69) is 26.4 Å². The maximum absolute atomic E-state index is 6.14. The highest BCUT2D eigenvalue weighted by Crippen LogP contribution is 2.28. The predicted molar refractivity (Wildman–Crippen MR) is 71.2 cm³/mol. The molecule has 2 N–H and O–H groups in total. The molecule has 0 saturated heterocycles. The van der Waals surface area contributed by atoms with Crippen molar-refractivity contribution in [3.8, 4) is 0 Å². The van der Waals surface area contributed by atoms with Crippen LogP contribution in [0, 0.1) is 0 Å². The lowest BCUT2D eigenvalue weighted by molar-refractivity contribution is 0.535. The van der Waals surface area contributed by atoms with Crippen LogP contribution in [-0.4, -0.2) is 14.1 Å². The van der Waals surface area contributed by atoms with Gasteiger partial charge in [-0.15, -0.1) is 0 Å². The molecule has 0 radical (unpaired) electrons. The van der Waals surface area contributed by atoms with Gasteiger partial charge < -0.3 is 14.9 Å². The van der Waals surface area contributed by atoms with Crippen LogP contribution in [0.1, 0.15) is 36.0 Å². The Hall–Kier alpha value is -1.55. The molecule has 1 unspecified atom stereocenters. The lowest BCUT2D eigenvalue weighted by Gasteiger charge is -2.20. The first-order valence-corrected chi connectivity index (χ1v) is 6.65. The van der Waals surface area contributed by atoms with Crippen LogP contribution in [0.5, 0.6) is 0 Å². The van der Waals surface area contributed by atoms with Crippen molar-refractivity contribution in [3.05, 3.63) is 41.7 Å². The molecule has 1 aliphatic carbocycles. The summed E-state index contributed by atoms with van der Waals surface area (Å²) in [6, 6.07) is 2.43. The Bertz CT molecular complexity index is 538. The van der Waals surface area contributed by atoms with Gasteiger partial charge in [-0.2, -0.15) is 0 Å². The van der Waals surface area contributed by atoms with E-state index in [-0.39, 0.29) is 6.04 Å². The van der Waals surface area contributed by atoms with Crippen molar-refractivity contribution >= 4 is 0 Å². The second-order valence-electron chi connectivity index (χ2n) is 5.11. The maximum Gasteiger partial charge on any atom is 0.110 e. The molecule has 0 fully saturated rings. The minimum absolute atomic E-state index is 0.239. The van der Waals surface area contributed by atoms with Crippen LogP contribution in [-0.2, 0) is 26.4 Å². The van der Waals surface area contributed by atoms with E-state index < -0.39 is 0 Å². The van der Waals surface area contributed by atoms with Crippen LogP contribution in [0.25, 0.3) is 0 Å². The van der Waals surface area contributed by atoms with Gasteiger partial charge >= 0.3 is 0 Å². The summed E-state index contributed by atoms with van der Waals surface area (Å²) in [4.78, 5) is 4.37. The highest BCUT2D eigenvalue weighted by molar-refractivity contribution is 5.28. The number of aromatic nitrogens is 3. The smallest absolute Gasteiger partial charge is 0.110 e. The zero-order valence-electron chi connectivity index (χ0n) is 10.8. The molecular weight excluding hydrogens is 224 g/mol. The summed E-state index contributed by atoms with van der Waals surface area (Å²) in [5.41, 5.74) is 8.93. The fourth-order valence-corrected chi connectivity index (χ4v) is 2.86. The molecular formula is C14H20N4. The van der Waals surface area contributed by atoms with Gasteiger partial charge in [0.1, 0.15) is 5.82 Å². The normalized spacial score (nSPS) is 18.9. The Morgan fingerprint density at radius 1 is 1.44 bits per heavy atom. The van der Waals surface area contributed by atoms with Gasteiger partial charge in [0.25, 0.3) is 0 Å². The average molecular weight is 244 g/mol. The van der Waals surface area contributed by atoms with Crippen molar-refractivity contribution in [2.45, 2.75) is 38.3 Å². The molecule has 1 atom stereocenters. The number of aryl methyl sites for hydroxylation is 3. The second-order valence-corrected chi connectivity index (χ2v) is 5.11. The van der Waals surface area contributed by atoms with Crippen LogP contribution in [0.2, 0.25) is 0 Å². The Labute approximate surface area is 107 Å². The highest BCUT2D eigenvalue weighted by atomic mass is 15.0. The first-order valence-electron chi connectivity index (χ1n) is 6.65. The first kappa shape index (κ1) is 11.5. The summed E-state index contributed by atoms with van der Waals surface area (Å²) in [5.74, 6) is 1.14. The van der Waals surface area contributed by atoms with Crippen LogP contribution in [0.15, 0.2) is 24.7 Å². The fourth-order valence-electron chi connectivity index (χ4n) is 2.86. The molecule has 0 saturated carbocycles. The predicted octanol–water partition coefficient (Wildman–Crippen LogP) is 1.80. The van der Waals surface area contributed by atoms with Gasteiger partial charge in [0.2, 0.25) is 0 Å². The molecule has 2 aromatic rings. The third-order valence-corrected chi connectivity index (χ3v) is 3.94. The number of nitrogens with zero attached hydrogens (tertiary/aromatic N) is 3. The Morgan fingerprint density at radius 3 is 3.11 bits per heavy atom. The van der Waals surface area contributed by atoms with E-state index >= 15 is 0 Å². The molecule has 4 heteroatoms. The van der Waals surface area contributed by atoms with Gasteiger partial charge in [0.15, 0.2) is 0 Å². The van der Waals surface area contributed by atoms with Crippen LogP contribution in [0.3, 0.4) is 0 Å². The van der Waals surface area contributed by atoms with Crippen molar-refractivity contribution < 1.29 is 0 Å². The van der Waals surface area contributed by atoms with Crippen molar-refractivity contribution in [2.75, 3.05) is 0 Å². The number of fused-ring (bicyclic) bond motifs is 1. The molecule has 1 aliphatic rings. The fraction of sp³-hybridized carbons (Fsp3) is 0.500. The highest BCUT2D eigenvalue weighted by Gasteiger charge is 2.19. The van der Waals surface area contributed by atoms with Crippen LogP contribution in [0.4, 0.5) is 0 Å². The summed E-state index contributed by atoms with van der Waals surface area (Å²) < 4.78 is 4.44. The molecule has 0 spiro atoms. The van der Waals surface area contributed by atoms with E-state index in [9.17, 15) is 0 Å². The first-order chi connectivity index (χ1) is 8.75. The van der Waals surface area contributed by atoms with Crippen molar-refractivity contribution in [1.29, 1.82) is 0 Å². The van der Waals surface area contributed by atoms with Gasteiger partial charge in [0.05, 0.1) is 0 Å². The van der Waals surface area contributed by atoms with E-state index in [1.54, 1.807) is 0 Å². The summed E-state index contributed by atoms with van der Waals surface area (Å²) >= 11 is 0. The Morgan fingerprint density at radius 2 is 2.33 bits per heavy atom. The minimum atomic E-state index is 0.239. The monoisotopic (exact) mass is 244 g/mol. The zero-order chi connectivity index (χ0) is 12.5. The lowest BCUT2D eigenvalue weighted by Crippen LogP contribution is -2.18. The molecule has 0 aromatic carbocycles. The molecule has 2 heterocycles. The molecule has 3 rings (SSSR count). The molecule has 18 heavy (non-hydrogen) atoms. The summed E-state index contributed by atoms with van der Waals surface area (Å²) in [6.07, 6.45) is 10.5. The molecule has 4 nitrogen and oxygen atoms in total. The van der Waals surface area contributed by atoms with E-state index in [0.717, 1.165) is 31.6 Å². The van der Waals surface area contributed by atoms with E-state index in [1.165, 1.54) is 17.7 Å². The molecule has 0 amide bonds. The Balaban J connectivity index is 1.76. The molecule has 96 valence electrons. The van der Waals surface area contributed by atoms with Gasteiger partial charge in [0, 0.05) is 50.3 Å². The average Bonchev–Trinajstić information content (AvgIpc) is 2.94. The topological polar surface area (TPSA) is 48.8 Å². The van der Waals surface area contributed by atoms with Gasteiger partial charge in [-0.3, -0.25) is 0 Å². The van der Waals surface area contributed by atoms with Gasteiger partial charge in [-0.25, -0.2) is 4.98 Å². The maximum atomic E-state index is 6.14. The third-order valence-electron chi connectivity index (χ3n) is 3.94. The van der Waals surface area contributed by atoms with Gasteiger partial charge in [-0.1, -0.05) is 0 Å². The largest absolute Gasteiger partial charge is 0.351 e. The molecule has 2 aromatic heterocycles. The number of nitrogens with two attached hydrogens (primary N) is 1. The second kappa shape index (κ2) is 4.61. The number of hydrogen-bond acceptors (Lipinski definition) is 2. The number of rotatable bonds is 3. The molecule has 0 bridgehead atoms. The summed E-state index contributed by atoms with van der Waals surface area (Å²) in [7, 11) is 2.05. The minimum Gasteiger partial charge on any atom is -0.351 e. The standard InChI is InChI=1S/C14H20N4/c1-17-10-7-16-14(17)6-9-18-8-5-11-12(15)3-2-4-13(11)18/h5,7-8,10,12H,2-4,6,9,15H2,1H3. The SMILES string of the molecule is Cn1ccnc1CCn1ccc2c1CCCC2N. The third kappa shape index (κ3) is 1.97. The lowest BCUT2D eigenvalue weighted by atomic mass is 9.94. The quantitative estimate of drug-likeness (QED) is 0.895. The van der Waals surface area contributed by atoms with Crippen molar-refractivity contribution in [3.63, 3.8) is 0 Å². The van der Waals surface area contributed by atoms with E-state index in [0.29, 0.717) is 0 Å². The van der Waals surface area contributed by atoms with Crippen molar-refractivity contribution in [1.82, 2.24) is 14.1 Å². The van der Waals surface area contributed by atoms with Crippen molar-refractivity contribution in [2.24, 2.45) is 12.8 Å². The zero-order valence-corrected chi connectivity index (χ0v) is 10.8. The van der Waals surface area contributed by atoms with Crippen LogP contribution < -0.4 is 5.73 Å². The molecule has 0 aliphatic heterocycles. The van der Waals surface area contributed by atoms with E-state index in [1.807, 2.05) is 19.4 Å². The number of imidazole rings is 1. The Kier molecular flexibility index (Phi) is 2.96. The summed E-state index contributed by atoms with van der Waals surface area (Å²) in [5, 5.41) is 0. The number of hydrogen-bond donors (Lipinski definition) is 1. The summed E-state index contributed by atoms with van der Waals surface area (Å²) in [6.45, 7) is 0.993. The van der Waals surface area contributed by atoms with Crippen LogP contribution >= 0.6 is 0 Å². The van der Waals surface area contributed by atoms with E-state index in [4.69, 9.17) is 5.73 Å². The van der Waals surface area contributed by atoms with Gasteiger partial charge in [-0.05, 0) is 30.9 Å².